The maximum absolute atomic E-state index is 13.9. The van der Waals surface area contributed by atoms with Crippen molar-refractivity contribution >= 4 is 28.1 Å². The first kappa shape index (κ1) is 21.0. The third kappa shape index (κ3) is 4.11. The Balaban J connectivity index is 1.26. The van der Waals surface area contributed by atoms with Crippen molar-refractivity contribution in [3.05, 3.63) is 71.2 Å². The molecule has 164 valence electrons. The molecule has 0 amide bonds. The highest BCUT2D eigenvalue weighted by atomic mass is 19.1. The molecule has 2 heterocycles. The van der Waals surface area contributed by atoms with Crippen molar-refractivity contribution in [1.82, 2.24) is 4.98 Å². The summed E-state index contributed by atoms with van der Waals surface area (Å²) in [7, 11) is 0. The number of hydrogen-bond donors (Lipinski definition) is 0. The molecule has 1 saturated carbocycles. The number of nitrogens with zero attached hydrogens (tertiary/aromatic N) is 2. The summed E-state index contributed by atoms with van der Waals surface area (Å²) in [6, 6.07) is 13.2. The van der Waals surface area contributed by atoms with Crippen molar-refractivity contribution in [3.8, 4) is 0 Å². The quantitative estimate of drug-likeness (QED) is 0.451. The summed E-state index contributed by atoms with van der Waals surface area (Å²) in [5.74, 6) is 1.54. The van der Waals surface area contributed by atoms with Crippen LogP contribution < -0.4 is 0 Å². The van der Waals surface area contributed by atoms with Crippen LogP contribution in [0.25, 0.3) is 10.9 Å². The Labute approximate surface area is 188 Å². The highest BCUT2D eigenvalue weighted by Crippen LogP contribution is 2.42. The molecule has 1 aliphatic carbocycles. The van der Waals surface area contributed by atoms with Gasteiger partial charge in [0.15, 0.2) is 0 Å². The summed E-state index contributed by atoms with van der Waals surface area (Å²) in [6.45, 7) is 3.96. The number of ketones is 1. The zero-order valence-electron chi connectivity index (χ0n) is 18.8. The summed E-state index contributed by atoms with van der Waals surface area (Å²) in [5, 5.41) is 0.959. The van der Waals surface area contributed by atoms with Crippen molar-refractivity contribution in [3.63, 3.8) is 0 Å². The number of pyridine rings is 1. The maximum Gasteiger partial charge on any atom is 0.134 e. The first-order chi connectivity index (χ1) is 15.5. The van der Waals surface area contributed by atoms with Gasteiger partial charge in [0.25, 0.3) is 0 Å². The SMILES string of the molecule is CC(=O)Cc1ccc2c(c1)CC([C@H](C)C1CCC(c3ccnc4ccc(F)cc34)CC1)=N2. The van der Waals surface area contributed by atoms with E-state index in [0.29, 0.717) is 24.2 Å². The van der Waals surface area contributed by atoms with Gasteiger partial charge in [0.05, 0.1) is 11.2 Å². The third-order valence-electron chi connectivity index (χ3n) is 7.41. The Morgan fingerprint density at radius 3 is 2.69 bits per heavy atom. The van der Waals surface area contributed by atoms with Crippen molar-refractivity contribution in [2.45, 2.75) is 58.3 Å². The van der Waals surface area contributed by atoms with E-state index in [4.69, 9.17) is 4.99 Å². The van der Waals surface area contributed by atoms with Gasteiger partial charge in [0.2, 0.25) is 0 Å². The Morgan fingerprint density at radius 1 is 1.09 bits per heavy atom. The first-order valence-electron chi connectivity index (χ1n) is 11.7. The average molecular weight is 429 g/mol. The molecule has 1 aliphatic heterocycles. The summed E-state index contributed by atoms with van der Waals surface area (Å²) in [5.41, 5.74) is 6.80. The molecule has 3 nitrogen and oxygen atoms in total. The van der Waals surface area contributed by atoms with Gasteiger partial charge < -0.3 is 0 Å². The fraction of sp³-hybridized carbons (Fsp3) is 0.393. The maximum atomic E-state index is 13.9. The fourth-order valence-corrected chi connectivity index (χ4v) is 5.64. The van der Waals surface area contributed by atoms with Crippen LogP contribution in [0, 0.1) is 17.7 Å². The molecule has 0 spiro atoms. The van der Waals surface area contributed by atoms with Gasteiger partial charge in [-0.05, 0) is 97.4 Å². The second kappa shape index (κ2) is 8.57. The van der Waals surface area contributed by atoms with Gasteiger partial charge in [-0.15, -0.1) is 0 Å². The minimum atomic E-state index is -0.195. The monoisotopic (exact) mass is 428 g/mol. The molecule has 3 aromatic rings. The van der Waals surface area contributed by atoms with Crippen molar-refractivity contribution < 1.29 is 9.18 Å². The number of aliphatic imine (C=N–C) groups is 1. The number of benzene rings is 2. The average Bonchev–Trinajstić information content (AvgIpc) is 3.21. The number of carbonyl (C=O) groups excluding carboxylic acids is 1. The number of rotatable bonds is 5. The number of aromatic nitrogens is 1. The van der Waals surface area contributed by atoms with Crippen molar-refractivity contribution in [2.75, 3.05) is 0 Å². The molecule has 2 aliphatic rings. The lowest BCUT2D eigenvalue weighted by molar-refractivity contribution is -0.116. The number of fused-ring (bicyclic) bond motifs is 2. The van der Waals surface area contributed by atoms with E-state index in [0.717, 1.165) is 54.3 Å². The van der Waals surface area contributed by atoms with Crippen molar-refractivity contribution in [2.24, 2.45) is 16.8 Å². The van der Waals surface area contributed by atoms with Crippen molar-refractivity contribution in [1.29, 1.82) is 0 Å². The third-order valence-corrected chi connectivity index (χ3v) is 7.41. The van der Waals surface area contributed by atoms with Gasteiger partial charge in [0.1, 0.15) is 11.6 Å². The Hall–Kier alpha value is -2.88. The molecule has 0 N–H and O–H groups in total. The van der Waals surface area contributed by atoms with E-state index in [9.17, 15) is 9.18 Å². The van der Waals surface area contributed by atoms with Crippen LogP contribution in [0.2, 0.25) is 0 Å². The van der Waals surface area contributed by atoms with E-state index in [-0.39, 0.29) is 11.6 Å². The van der Waals surface area contributed by atoms with E-state index < -0.39 is 0 Å². The minimum Gasteiger partial charge on any atom is -0.300 e. The van der Waals surface area contributed by atoms with E-state index in [1.807, 2.05) is 12.3 Å². The van der Waals surface area contributed by atoms with Gasteiger partial charge in [-0.2, -0.15) is 0 Å². The highest BCUT2D eigenvalue weighted by molar-refractivity contribution is 5.95. The smallest absolute Gasteiger partial charge is 0.134 e. The van der Waals surface area contributed by atoms with Gasteiger partial charge in [-0.3, -0.25) is 14.8 Å². The topological polar surface area (TPSA) is 42.3 Å². The molecule has 1 aromatic heterocycles. The van der Waals surface area contributed by atoms with Gasteiger partial charge in [-0.25, -0.2) is 4.39 Å². The molecule has 5 rings (SSSR count). The molecule has 0 radical (unpaired) electrons. The summed E-state index contributed by atoms with van der Waals surface area (Å²) < 4.78 is 13.9. The van der Waals surface area contributed by atoms with Crippen LogP contribution >= 0.6 is 0 Å². The zero-order valence-corrected chi connectivity index (χ0v) is 18.8. The molecule has 2 aromatic carbocycles. The van der Waals surface area contributed by atoms with Crippen LogP contribution in [-0.4, -0.2) is 16.5 Å². The van der Waals surface area contributed by atoms with Gasteiger partial charge >= 0.3 is 0 Å². The minimum absolute atomic E-state index is 0.193. The molecule has 32 heavy (non-hydrogen) atoms. The molecule has 4 heteroatoms. The second-order valence-electron chi connectivity index (χ2n) is 9.58. The number of halogens is 1. The Bertz CT molecular complexity index is 1210. The molecule has 0 bridgehead atoms. The lowest BCUT2D eigenvalue weighted by atomic mass is 9.72. The number of carbonyl (C=O) groups is 1. The van der Waals surface area contributed by atoms with Crippen LogP contribution in [-0.2, 0) is 17.6 Å². The molecule has 0 unspecified atom stereocenters. The van der Waals surface area contributed by atoms with Crippen LogP contribution in [0.15, 0.2) is 53.7 Å². The van der Waals surface area contributed by atoms with E-state index in [2.05, 4.69) is 30.1 Å². The van der Waals surface area contributed by atoms with E-state index >= 15 is 0 Å². The van der Waals surface area contributed by atoms with Crippen LogP contribution in [0.5, 0.6) is 0 Å². The Kier molecular flexibility index (Phi) is 5.62. The van der Waals surface area contributed by atoms with E-state index in [1.165, 1.54) is 22.9 Å². The predicted molar refractivity (Wildman–Crippen MR) is 127 cm³/mol. The normalized spacial score (nSPS) is 21.3. The molecule has 0 saturated heterocycles. The highest BCUT2D eigenvalue weighted by Gasteiger charge is 2.31. The van der Waals surface area contributed by atoms with Crippen LogP contribution in [0.3, 0.4) is 0 Å². The second-order valence-corrected chi connectivity index (χ2v) is 9.58. The molecular formula is C28H29FN2O. The lowest BCUT2D eigenvalue weighted by Gasteiger charge is -2.33. The van der Waals surface area contributed by atoms with Gasteiger partial charge in [-0.1, -0.05) is 19.1 Å². The zero-order chi connectivity index (χ0) is 22.2. The summed E-state index contributed by atoms with van der Waals surface area (Å²) >= 11 is 0. The standard InChI is InChI=1S/C28H29FN2O/c1-17(32)13-19-3-9-26-22(14-19)15-28(31-26)18(2)20-4-6-21(7-5-20)24-11-12-30-27-10-8-23(29)16-25(24)27/h3,8-12,14,16,18,20-21H,4-7,13,15H2,1-2H3/t18-,20?,21?/m1/s1. The van der Waals surface area contributed by atoms with Gasteiger partial charge in [0, 0.05) is 30.1 Å². The first-order valence-corrected chi connectivity index (χ1v) is 11.7. The largest absolute Gasteiger partial charge is 0.300 e. The summed E-state index contributed by atoms with van der Waals surface area (Å²) in [4.78, 5) is 20.8. The van der Waals surface area contributed by atoms with Crippen LogP contribution in [0.1, 0.15) is 62.1 Å². The lowest BCUT2D eigenvalue weighted by Crippen LogP contribution is -2.25. The molecular weight excluding hydrogens is 399 g/mol. The molecule has 1 atom stereocenters. The predicted octanol–water partition coefficient (Wildman–Crippen LogP) is 6.74. The van der Waals surface area contributed by atoms with E-state index in [1.54, 1.807) is 19.1 Å². The fourth-order valence-electron chi connectivity index (χ4n) is 5.64. The number of Topliss-reactive ketones (excluding diaryl/α,β-unsaturated/α-hetero) is 1. The number of hydrogen-bond acceptors (Lipinski definition) is 3. The molecule has 1 fully saturated rings. The summed E-state index contributed by atoms with van der Waals surface area (Å²) in [6.07, 6.45) is 7.81. The Morgan fingerprint density at radius 2 is 1.91 bits per heavy atom. The van der Waals surface area contributed by atoms with Crippen LogP contribution in [0.4, 0.5) is 10.1 Å².